The summed E-state index contributed by atoms with van der Waals surface area (Å²) in [4.78, 5) is 24.4. The van der Waals surface area contributed by atoms with Gasteiger partial charge in [-0.05, 0) is 24.5 Å². The number of ether oxygens (including phenoxy) is 4. The Bertz CT molecular complexity index is 740. The van der Waals surface area contributed by atoms with Crippen LogP contribution >= 0.6 is 0 Å². The summed E-state index contributed by atoms with van der Waals surface area (Å²) in [6, 6.07) is 0. The molecular formula is C19H22O8. The Morgan fingerprint density at radius 1 is 1.44 bits per heavy atom. The zero-order chi connectivity index (χ0) is 19.3. The molecule has 8 nitrogen and oxygen atoms in total. The highest BCUT2D eigenvalue weighted by Crippen LogP contribution is 2.51. The summed E-state index contributed by atoms with van der Waals surface area (Å²) in [6.45, 7) is 6.95. The maximum absolute atomic E-state index is 12.3. The van der Waals surface area contributed by atoms with Crippen molar-refractivity contribution in [1.82, 2.24) is 0 Å². The van der Waals surface area contributed by atoms with Gasteiger partial charge in [-0.2, -0.15) is 0 Å². The van der Waals surface area contributed by atoms with E-state index in [1.54, 1.807) is 6.08 Å². The third-order valence-corrected chi connectivity index (χ3v) is 5.74. The molecule has 2 bridgehead atoms. The average Bonchev–Trinajstić information content (AvgIpc) is 3.26. The summed E-state index contributed by atoms with van der Waals surface area (Å²) in [5.41, 5.74) is -0.0403. The van der Waals surface area contributed by atoms with Gasteiger partial charge >= 0.3 is 11.9 Å². The molecule has 0 aromatic rings. The van der Waals surface area contributed by atoms with Crippen LogP contribution < -0.4 is 0 Å². The molecule has 8 heteroatoms. The lowest BCUT2D eigenvalue weighted by atomic mass is 9.81. The van der Waals surface area contributed by atoms with Crippen LogP contribution in [0.1, 0.15) is 19.3 Å². The van der Waals surface area contributed by atoms with Crippen molar-refractivity contribution < 1.29 is 38.7 Å². The molecule has 5 rings (SSSR count). The van der Waals surface area contributed by atoms with Gasteiger partial charge in [-0.25, -0.2) is 9.59 Å². The lowest BCUT2D eigenvalue weighted by Crippen LogP contribution is -2.45. The lowest BCUT2D eigenvalue weighted by molar-refractivity contribution is -0.163. The van der Waals surface area contributed by atoms with Gasteiger partial charge < -0.3 is 29.2 Å². The summed E-state index contributed by atoms with van der Waals surface area (Å²) in [7, 11) is 0. The van der Waals surface area contributed by atoms with E-state index in [0.717, 1.165) is 5.57 Å². The van der Waals surface area contributed by atoms with Gasteiger partial charge in [0, 0.05) is 12.0 Å². The van der Waals surface area contributed by atoms with E-state index in [-0.39, 0.29) is 30.3 Å². The summed E-state index contributed by atoms with van der Waals surface area (Å²) in [6.07, 6.45) is 0.352. The molecule has 0 saturated carbocycles. The van der Waals surface area contributed by atoms with Gasteiger partial charge in [-0.15, -0.1) is 0 Å². The Labute approximate surface area is 156 Å². The Morgan fingerprint density at radius 3 is 2.96 bits per heavy atom. The summed E-state index contributed by atoms with van der Waals surface area (Å²) < 4.78 is 22.4. The third kappa shape index (κ3) is 3.02. The Kier molecular flexibility index (Phi) is 4.46. The second-order valence-electron chi connectivity index (χ2n) is 7.42. The molecule has 27 heavy (non-hydrogen) atoms. The van der Waals surface area contributed by atoms with Gasteiger partial charge in [0.1, 0.15) is 17.8 Å². The van der Waals surface area contributed by atoms with Gasteiger partial charge in [-0.3, -0.25) is 0 Å². The van der Waals surface area contributed by atoms with E-state index in [1.165, 1.54) is 0 Å². The fourth-order valence-corrected chi connectivity index (χ4v) is 4.13. The van der Waals surface area contributed by atoms with E-state index in [1.807, 2.05) is 0 Å². The zero-order valence-electron chi connectivity index (χ0n) is 14.8. The van der Waals surface area contributed by atoms with E-state index < -0.39 is 48.6 Å². The van der Waals surface area contributed by atoms with Crippen molar-refractivity contribution in [3.8, 4) is 0 Å². The molecule has 0 aromatic heterocycles. The molecule has 0 radical (unpaired) electrons. The van der Waals surface area contributed by atoms with Crippen LogP contribution in [0.3, 0.4) is 0 Å². The van der Waals surface area contributed by atoms with Crippen LogP contribution in [0.25, 0.3) is 0 Å². The highest BCUT2D eigenvalue weighted by molar-refractivity contribution is 5.92. The van der Waals surface area contributed by atoms with E-state index in [0.29, 0.717) is 12.8 Å². The van der Waals surface area contributed by atoms with Crippen molar-refractivity contribution >= 4 is 11.9 Å². The molecular weight excluding hydrogens is 356 g/mol. The number of aliphatic hydroxyl groups excluding tert-OH is 2. The van der Waals surface area contributed by atoms with Crippen LogP contribution in [0, 0.1) is 5.92 Å². The summed E-state index contributed by atoms with van der Waals surface area (Å²) >= 11 is 0. The van der Waals surface area contributed by atoms with Crippen molar-refractivity contribution in [3.63, 3.8) is 0 Å². The molecule has 5 aliphatic rings. The number of rotatable bonds is 3. The molecule has 0 aromatic carbocycles. The highest BCUT2D eigenvalue weighted by Gasteiger charge is 2.65. The molecule has 1 aliphatic carbocycles. The zero-order valence-corrected chi connectivity index (χ0v) is 14.8. The molecule has 2 N–H and O–H groups in total. The largest absolute Gasteiger partial charge is 0.458 e. The second kappa shape index (κ2) is 6.56. The van der Waals surface area contributed by atoms with Gasteiger partial charge in [-0.1, -0.05) is 13.2 Å². The molecule has 146 valence electrons. The number of hydrogen-bond donors (Lipinski definition) is 2. The first kappa shape index (κ1) is 18.4. The van der Waals surface area contributed by atoms with Gasteiger partial charge in [0.25, 0.3) is 0 Å². The maximum Gasteiger partial charge on any atom is 0.336 e. The van der Waals surface area contributed by atoms with E-state index in [2.05, 4.69) is 13.2 Å². The van der Waals surface area contributed by atoms with Crippen LogP contribution in [0.2, 0.25) is 0 Å². The quantitative estimate of drug-likeness (QED) is 0.308. The number of hydrogen-bond acceptors (Lipinski definition) is 8. The smallest absolute Gasteiger partial charge is 0.336 e. The van der Waals surface area contributed by atoms with Crippen molar-refractivity contribution in [2.24, 2.45) is 5.92 Å². The predicted molar refractivity (Wildman–Crippen MR) is 90.1 cm³/mol. The number of carbonyl (C=O) groups excluding carboxylic acids is 2. The van der Waals surface area contributed by atoms with E-state index in [9.17, 15) is 14.7 Å². The van der Waals surface area contributed by atoms with Crippen molar-refractivity contribution in [2.75, 3.05) is 13.2 Å². The van der Waals surface area contributed by atoms with Crippen molar-refractivity contribution in [2.45, 2.75) is 49.5 Å². The Hall–Kier alpha value is -2.00. The Morgan fingerprint density at radius 2 is 2.22 bits per heavy atom. The van der Waals surface area contributed by atoms with Gasteiger partial charge in [0.15, 0.2) is 6.29 Å². The predicted octanol–water partition coefficient (Wildman–Crippen LogP) is 0.141. The summed E-state index contributed by atoms with van der Waals surface area (Å²) in [5, 5.41) is 19.7. The van der Waals surface area contributed by atoms with Gasteiger partial charge in [0.2, 0.25) is 0 Å². The second-order valence-corrected chi connectivity index (χ2v) is 7.42. The maximum atomic E-state index is 12.3. The van der Waals surface area contributed by atoms with Crippen LogP contribution in [-0.4, -0.2) is 65.6 Å². The standard InChI is InChI=1S/C19H22O8/c1-9(7-20)16(21)26-13-6-19-14(27-19)4-3-11(8-24-18(19)23)5-12-15(13)10(2)17(22)25-12/h5,12-15,18,20,23H,1-4,6-8H2/b11-5+/t12-,13+,14-,15+,18+,19-/m1/s1. The van der Waals surface area contributed by atoms with E-state index in [4.69, 9.17) is 24.1 Å². The van der Waals surface area contributed by atoms with Gasteiger partial charge in [0.05, 0.1) is 30.8 Å². The minimum atomic E-state index is -1.18. The number of aliphatic hydroxyl groups is 2. The average molecular weight is 378 g/mol. The number of epoxide rings is 1. The highest BCUT2D eigenvalue weighted by atomic mass is 16.7. The minimum absolute atomic E-state index is 0.109. The fourth-order valence-electron chi connectivity index (χ4n) is 4.13. The monoisotopic (exact) mass is 378 g/mol. The molecule has 3 fully saturated rings. The lowest BCUT2D eigenvalue weighted by Gasteiger charge is -2.33. The molecule has 1 spiro atoms. The Balaban J connectivity index is 1.74. The van der Waals surface area contributed by atoms with Crippen LogP contribution in [-0.2, 0) is 28.5 Å². The first-order chi connectivity index (χ1) is 12.9. The summed E-state index contributed by atoms with van der Waals surface area (Å²) in [5.74, 6) is -1.95. The van der Waals surface area contributed by atoms with Crippen molar-refractivity contribution in [1.29, 1.82) is 0 Å². The normalized spacial score (nSPS) is 42.1. The first-order valence-electron chi connectivity index (χ1n) is 8.92. The molecule has 0 unspecified atom stereocenters. The van der Waals surface area contributed by atoms with Crippen LogP contribution in [0.5, 0.6) is 0 Å². The SMILES string of the molecule is C=C(CO)C(=O)O[C@H]1C[C@@]23O[C@@H]2CC/C(=C\[C@H]2OC(=O)C(=C)[C@H]12)CO[C@@H]3O. The molecule has 0 amide bonds. The fraction of sp³-hybridized carbons (Fsp3) is 0.579. The van der Waals surface area contributed by atoms with E-state index >= 15 is 0 Å². The third-order valence-electron chi connectivity index (χ3n) is 5.74. The van der Waals surface area contributed by atoms with Crippen LogP contribution in [0.4, 0.5) is 0 Å². The molecule has 4 aliphatic heterocycles. The first-order valence-corrected chi connectivity index (χ1v) is 8.92. The van der Waals surface area contributed by atoms with Crippen molar-refractivity contribution in [3.05, 3.63) is 36.0 Å². The topological polar surface area (TPSA) is 115 Å². The molecule has 4 heterocycles. The minimum Gasteiger partial charge on any atom is -0.458 e. The number of esters is 2. The van der Waals surface area contributed by atoms with Crippen LogP contribution in [0.15, 0.2) is 36.0 Å². The molecule has 6 atom stereocenters. The number of carbonyl (C=O) groups is 2. The molecule has 3 saturated heterocycles. The number of fused-ring (bicyclic) bond motifs is 4.